The molecule has 0 aliphatic carbocycles. The fourth-order valence-electron chi connectivity index (χ4n) is 3.12. The van der Waals surface area contributed by atoms with E-state index in [9.17, 15) is 0 Å². The molecule has 2 aromatic carbocycles. The molecule has 1 aliphatic rings. The maximum Gasteiger partial charge on any atom is 0.498 e. The highest BCUT2D eigenvalue weighted by Gasteiger charge is 2.52. The first-order valence-corrected chi connectivity index (χ1v) is 10.5. The summed E-state index contributed by atoms with van der Waals surface area (Å²) in [5.41, 5.74) is 4.15. The highest BCUT2D eigenvalue weighted by molar-refractivity contribution is 7.97. The van der Waals surface area contributed by atoms with Crippen LogP contribution < -0.4 is 10.2 Å². The number of benzene rings is 2. The van der Waals surface area contributed by atoms with Crippen LogP contribution in [-0.2, 0) is 20.8 Å². The lowest BCUT2D eigenvalue weighted by molar-refractivity contribution is 0.00578. The maximum absolute atomic E-state index is 6.23. The lowest BCUT2D eigenvalue weighted by Crippen LogP contribution is -2.41. The largest absolute Gasteiger partial charge is 0.498 e. The van der Waals surface area contributed by atoms with Gasteiger partial charge in [0.05, 0.1) is 18.3 Å². The molecule has 144 valence electrons. The smallest absolute Gasteiger partial charge is 0.497 e. The Balaban J connectivity index is 1.72. The molecule has 0 unspecified atom stereocenters. The zero-order valence-corrected chi connectivity index (χ0v) is 18.0. The minimum Gasteiger partial charge on any atom is -0.497 e. The van der Waals surface area contributed by atoms with Gasteiger partial charge in [-0.3, -0.25) is 0 Å². The zero-order chi connectivity index (χ0) is 19.7. The van der Waals surface area contributed by atoms with Crippen molar-refractivity contribution < 1.29 is 14.0 Å². The molecular formula is C22H29BO3S. The van der Waals surface area contributed by atoms with E-state index in [1.807, 2.05) is 17.8 Å². The second kappa shape index (κ2) is 7.90. The van der Waals surface area contributed by atoms with Gasteiger partial charge in [-0.05, 0) is 51.8 Å². The number of rotatable bonds is 6. The van der Waals surface area contributed by atoms with Gasteiger partial charge in [-0.2, -0.15) is 11.8 Å². The molecular weight excluding hydrogens is 355 g/mol. The topological polar surface area (TPSA) is 27.7 Å². The van der Waals surface area contributed by atoms with Crippen molar-refractivity contribution in [1.29, 1.82) is 0 Å². The SMILES string of the molecule is COc1ccc(CSCc2cccc(C)c2)cc1B1OC(C)(C)C(C)(C)O1. The van der Waals surface area contributed by atoms with E-state index >= 15 is 0 Å². The monoisotopic (exact) mass is 384 g/mol. The molecule has 0 amide bonds. The molecule has 0 radical (unpaired) electrons. The number of hydrogen-bond acceptors (Lipinski definition) is 4. The second-order valence-electron chi connectivity index (χ2n) is 8.15. The van der Waals surface area contributed by atoms with Crippen LogP contribution in [0.25, 0.3) is 0 Å². The highest BCUT2D eigenvalue weighted by Crippen LogP contribution is 2.37. The third-order valence-electron chi connectivity index (χ3n) is 5.42. The Kier molecular flexibility index (Phi) is 5.94. The Morgan fingerprint density at radius 2 is 1.56 bits per heavy atom. The van der Waals surface area contributed by atoms with Crippen LogP contribution in [-0.4, -0.2) is 25.4 Å². The Morgan fingerprint density at radius 3 is 2.15 bits per heavy atom. The predicted octanol–water partition coefficient (Wildman–Crippen LogP) is 4.74. The number of hydrogen-bond donors (Lipinski definition) is 0. The van der Waals surface area contributed by atoms with Crippen molar-refractivity contribution >= 4 is 24.3 Å². The molecule has 5 heteroatoms. The van der Waals surface area contributed by atoms with Gasteiger partial charge in [-0.25, -0.2) is 0 Å². The van der Waals surface area contributed by atoms with Crippen LogP contribution in [0.3, 0.4) is 0 Å². The van der Waals surface area contributed by atoms with E-state index in [2.05, 4.69) is 71.0 Å². The van der Waals surface area contributed by atoms with Crippen LogP contribution in [0.15, 0.2) is 42.5 Å². The molecule has 27 heavy (non-hydrogen) atoms. The number of aryl methyl sites for hydroxylation is 1. The highest BCUT2D eigenvalue weighted by atomic mass is 32.2. The van der Waals surface area contributed by atoms with Gasteiger partial charge in [-0.15, -0.1) is 0 Å². The van der Waals surface area contributed by atoms with E-state index in [-0.39, 0.29) is 11.2 Å². The van der Waals surface area contributed by atoms with Crippen molar-refractivity contribution in [2.24, 2.45) is 0 Å². The van der Waals surface area contributed by atoms with Crippen molar-refractivity contribution in [2.75, 3.05) is 7.11 Å². The summed E-state index contributed by atoms with van der Waals surface area (Å²) in [6, 6.07) is 15.0. The van der Waals surface area contributed by atoms with E-state index in [4.69, 9.17) is 14.0 Å². The van der Waals surface area contributed by atoms with Crippen molar-refractivity contribution in [1.82, 2.24) is 0 Å². The van der Waals surface area contributed by atoms with Crippen molar-refractivity contribution in [3.05, 3.63) is 59.2 Å². The normalized spacial score (nSPS) is 17.9. The lowest BCUT2D eigenvalue weighted by atomic mass is 9.77. The molecule has 2 aromatic rings. The van der Waals surface area contributed by atoms with Crippen molar-refractivity contribution in [2.45, 2.75) is 57.3 Å². The zero-order valence-electron chi connectivity index (χ0n) is 17.2. The third-order valence-corrected chi connectivity index (χ3v) is 6.50. The van der Waals surface area contributed by atoms with Crippen LogP contribution in [0.1, 0.15) is 44.4 Å². The van der Waals surface area contributed by atoms with Crippen LogP contribution >= 0.6 is 11.8 Å². The predicted molar refractivity (Wildman–Crippen MR) is 115 cm³/mol. The first-order chi connectivity index (χ1) is 12.7. The summed E-state index contributed by atoms with van der Waals surface area (Å²) >= 11 is 1.91. The van der Waals surface area contributed by atoms with Gasteiger partial charge < -0.3 is 14.0 Å². The van der Waals surface area contributed by atoms with Crippen molar-refractivity contribution in [3.63, 3.8) is 0 Å². The minimum absolute atomic E-state index is 0.362. The van der Waals surface area contributed by atoms with Crippen molar-refractivity contribution in [3.8, 4) is 5.75 Å². The molecule has 3 rings (SSSR count). The van der Waals surface area contributed by atoms with Crippen LogP contribution in [0.4, 0.5) is 0 Å². The van der Waals surface area contributed by atoms with E-state index in [1.54, 1.807) is 7.11 Å². The summed E-state index contributed by atoms with van der Waals surface area (Å²) in [5.74, 6) is 2.74. The van der Waals surface area contributed by atoms with E-state index in [0.29, 0.717) is 0 Å². The molecule has 0 bridgehead atoms. The first kappa shape index (κ1) is 20.3. The van der Waals surface area contributed by atoms with Crippen LogP contribution in [0.5, 0.6) is 5.75 Å². The van der Waals surface area contributed by atoms with Gasteiger partial charge in [0.25, 0.3) is 0 Å². The Hall–Kier alpha value is -1.43. The molecule has 1 heterocycles. The summed E-state index contributed by atoms with van der Waals surface area (Å²) in [6.07, 6.45) is 0. The van der Waals surface area contributed by atoms with Gasteiger partial charge in [0.2, 0.25) is 0 Å². The summed E-state index contributed by atoms with van der Waals surface area (Å²) in [7, 11) is 1.28. The van der Waals surface area contributed by atoms with Gasteiger partial charge in [0.15, 0.2) is 0 Å². The molecule has 1 aliphatic heterocycles. The molecule has 0 saturated carbocycles. The van der Waals surface area contributed by atoms with Gasteiger partial charge in [-0.1, -0.05) is 42.0 Å². The molecule has 0 N–H and O–H groups in total. The molecule has 0 atom stereocenters. The average Bonchev–Trinajstić information content (AvgIpc) is 2.82. The fraction of sp³-hybridized carbons (Fsp3) is 0.455. The summed E-state index contributed by atoms with van der Waals surface area (Å²) in [6.45, 7) is 10.4. The minimum atomic E-state index is -0.410. The fourth-order valence-corrected chi connectivity index (χ4v) is 4.05. The summed E-state index contributed by atoms with van der Waals surface area (Å²) in [4.78, 5) is 0. The molecule has 0 spiro atoms. The number of thioether (sulfide) groups is 1. The number of methoxy groups -OCH3 is 1. The van der Waals surface area contributed by atoms with Crippen LogP contribution in [0.2, 0.25) is 0 Å². The molecule has 3 nitrogen and oxygen atoms in total. The molecule has 1 fully saturated rings. The molecule has 0 aromatic heterocycles. The van der Waals surface area contributed by atoms with Gasteiger partial charge in [0.1, 0.15) is 5.75 Å². The average molecular weight is 384 g/mol. The summed E-state index contributed by atoms with van der Waals surface area (Å²) in [5, 5.41) is 0. The Bertz CT molecular complexity index is 788. The lowest BCUT2D eigenvalue weighted by Gasteiger charge is -2.32. The number of ether oxygens (including phenoxy) is 1. The van der Waals surface area contributed by atoms with E-state index in [1.165, 1.54) is 16.7 Å². The maximum atomic E-state index is 6.23. The Morgan fingerprint density at radius 1 is 0.926 bits per heavy atom. The van der Waals surface area contributed by atoms with E-state index < -0.39 is 7.12 Å². The molecule has 1 saturated heterocycles. The van der Waals surface area contributed by atoms with Gasteiger partial charge in [0, 0.05) is 17.0 Å². The van der Waals surface area contributed by atoms with E-state index in [0.717, 1.165) is 22.7 Å². The summed E-state index contributed by atoms with van der Waals surface area (Å²) < 4.78 is 18.0. The Labute approximate surface area is 167 Å². The third kappa shape index (κ3) is 4.53. The van der Waals surface area contributed by atoms with Crippen LogP contribution in [0, 0.1) is 6.92 Å². The second-order valence-corrected chi connectivity index (χ2v) is 9.13. The quantitative estimate of drug-likeness (QED) is 0.673. The standard InChI is InChI=1S/C22H29BO3S/c1-16-8-7-9-17(12-16)14-27-15-18-10-11-20(24-6)19(13-18)23-25-21(2,3)22(4,5)26-23/h7-13H,14-15H2,1-6H3. The van der Waals surface area contributed by atoms with Gasteiger partial charge >= 0.3 is 7.12 Å². The first-order valence-electron chi connectivity index (χ1n) is 9.37.